The minimum Gasteiger partial charge on any atom is -0.478 e. The average molecular weight is 714 g/mol. The molecule has 0 bridgehead atoms. The first-order valence-corrected chi connectivity index (χ1v) is 22.0. The van der Waals surface area contributed by atoms with Crippen LogP contribution in [0.4, 0.5) is 0 Å². The Bertz CT molecular complexity index is 1170. The van der Waals surface area contributed by atoms with Gasteiger partial charge >= 0.3 is 0 Å². The molecule has 52 heavy (non-hydrogen) atoms. The predicted octanol–water partition coefficient (Wildman–Crippen LogP) is 14.9. The van der Waals surface area contributed by atoms with E-state index in [4.69, 9.17) is 24.4 Å². The summed E-state index contributed by atoms with van der Waals surface area (Å²) in [6.45, 7) is 5.99. The molecule has 3 aromatic heterocycles. The standard InChI is InChI=1S/C47H75N3O2/c1-3-5-7-9-11-13-15-17-19-21-23-25-27-29-40-51-46-38-32-36-44(49-46)42-34-31-35-43(48-42)45-37-33-39-47(50-45)52-41-30-28-26-24-22-20-18-16-14-12-10-8-6-4-2/h31-39H,3-30,40-41H2,1-2H3. The quantitative estimate of drug-likeness (QED) is 0.0577. The summed E-state index contributed by atoms with van der Waals surface area (Å²) in [5.74, 6) is 1.33. The molecule has 0 spiro atoms. The fourth-order valence-corrected chi connectivity index (χ4v) is 6.94. The van der Waals surface area contributed by atoms with Gasteiger partial charge in [-0.3, -0.25) is 0 Å². The Labute approximate surface area is 319 Å². The molecule has 0 amide bonds. The van der Waals surface area contributed by atoms with Gasteiger partial charge in [0.1, 0.15) is 0 Å². The molecule has 3 aromatic rings. The number of ether oxygens (including phenoxy) is 2. The van der Waals surface area contributed by atoms with E-state index in [-0.39, 0.29) is 0 Å². The van der Waals surface area contributed by atoms with Gasteiger partial charge in [0, 0.05) is 12.1 Å². The van der Waals surface area contributed by atoms with E-state index < -0.39 is 0 Å². The molecule has 3 rings (SSSR count). The summed E-state index contributed by atoms with van der Waals surface area (Å²) < 4.78 is 12.1. The summed E-state index contributed by atoms with van der Waals surface area (Å²) in [6, 6.07) is 17.9. The SMILES string of the molecule is CCCCCCCCCCCCCCCCOc1cccc(-c2cccc(-c3cccc(OCCCCCCCCCCCCCCCC)n3)n2)n1. The number of aromatic nitrogens is 3. The third-order valence-electron chi connectivity index (χ3n) is 10.2. The summed E-state index contributed by atoms with van der Waals surface area (Å²) in [6.07, 6.45) is 38.0. The van der Waals surface area contributed by atoms with Gasteiger partial charge in [-0.1, -0.05) is 199 Å². The number of nitrogens with zero attached hydrogens (tertiary/aromatic N) is 3. The van der Waals surface area contributed by atoms with Gasteiger partial charge in [0.15, 0.2) is 0 Å². The number of pyridine rings is 3. The minimum absolute atomic E-state index is 0.663. The predicted molar refractivity (Wildman–Crippen MR) is 222 cm³/mol. The van der Waals surface area contributed by atoms with Crippen LogP contribution in [-0.4, -0.2) is 28.2 Å². The molecule has 0 unspecified atom stereocenters. The van der Waals surface area contributed by atoms with E-state index in [1.54, 1.807) is 0 Å². The van der Waals surface area contributed by atoms with Gasteiger partial charge in [0.05, 0.1) is 36.0 Å². The second kappa shape index (κ2) is 30.5. The third-order valence-corrected chi connectivity index (χ3v) is 10.2. The van der Waals surface area contributed by atoms with Gasteiger partial charge < -0.3 is 9.47 Å². The smallest absolute Gasteiger partial charge is 0.213 e. The molecule has 5 heteroatoms. The molecule has 290 valence electrons. The summed E-state index contributed by atoms with van der Waals surface area (Å²) in [4.78, 5) is 14.5. The molecule has 0 fully saturated rings. The fraction of sp³-hybridized carbons (Fsp3) is 0.681. The second-order valence-electron chi connectivity index (χ2n) is 15.0. The Morgan fingerprint density at radius 1 is 0.308 bits per heavy atom. The van der Waals surface area contributed by atoms with Gasteiger partial charge in [0.2, 0.25) is 11.8 Å². The fourth-order valence-electron chi connectivity index (χ4n) is 6.94. The van der Waals surface area contributed by atoms with Crippen LogP contribution in [0.15, 0.2) is 54.6 Å². The zero-order valence-corrected chi connectivity index (χ0v) is 33.6. The van der Waals surface area contributed by atoms with E-state index in [0.717, 1.165) is 35.6 Å². The van der Waals surface area contributed by atoms with Gasteiger partial charge in [-0.05, 0) is 37.1 Å². The minimum atomic E-state index is 0.663. The zero-order chi connectivity index (χ0) is 36.6. The van der Waals surface area contributed by atoms with Crippen molar-refractivity contribution in [2.45, 2.75) is 194 Å². The molecule has 3 heterocycles. The second-order valence-corrected chi connectivity index (χ2v) is 15.0. The number of hydrogen-bond acceptors (Lipinski definition) is 5. The summed E-state index contributed by atoms with van der Waals surface area (Å²) in [5, 5.41) is 0. The molecule has 0 atom stereocenters. The van der Waals surface area contributed by atoms with Crippen molar-refractivity contribution in [1.82, 2.24) is 15.0 Å². The van der Waals surface area contributed by atoms with Crippen LogP contribution in [0.25, 0.3) is 22.8 Å². The van der Waals surface area contributed by atoms with Crippen LogP contribution in [0.3, 0.4) is 0 Å². The van der Waals surface area contributed by atoms with Crippen molar-refractivity contribution in [3.63, 3.8) is 0 Å². The third kappa shape index (κ3) is 20.9. The van der Waals surface area contributed by atoms with Gasteiger partial charge in [-0.15, -0.1) is 0 Å². The van der Waals surface area contributed by atoms with Crippen LogP contribution < -0.4 is 9.47 Å². The lowest BCUT2D eigenvalue weighted by Gasteiger charge is -2.09. The summed E-state index contributed by atoms with van der Waals surface area (Å²) >= 11 is 0. The molecule has 0 radical (unpaired) electrons. The Morgan fingerprint density at radius 3 is 0.865 bits per heavy atom. The normalized spacial score (nSPS) is 11.3. The molecule has 0 aliphatic carbocycles. The van der Waals surface area contributed by atoms with Crippen molar-refractivity contribution in [3.05, 3.63) is 54.6 Å². The molecule has 0 saturated heterocycles. The van der Waals surface area contributed by atoms with E-state index in [1.807, 2.05) is 54.6 Å². The Hall–Kier alpha value is -2.95. The van der Waals surface area contributed by atoms with Crippen LogP contribution in [0.5, 0.6) is 11.8 Å². The zero-order valence-electron chi connectivity index (χ0n) is 33.6. The highest BCUT2D eigenvalue weighted by atomic mass is 16.5. The maximum atomic E-state index is 6.04. The monoisotopic (exact) mass is 714 g/mol. The van der Waals surface area contributed by atoms with Crippen LogP contribution in [0.1, 0.15) is 194 Å². The first kappa shape index (κ1) is 43.5. The number of hydrogen-bond donors (Lipinski definition) is 0. The van der Waals surface area contributed by atoms with E-state index in [1.165, 1.54) is 167 Å². The molecule has 0 aliphatic heterocycles. The van der Waals surface area contributed by atoms with Crippen LogP contribution in [0.2, 0.25) is 0 Å². The highest BCUT2D eigenvalue weighted by molar-refractivity contribution is 5.62. The van der Waals surface area contributed by atoms with E-state index in [2.05, 4.69) is 13.8 Å². The van der Waals surface area contributed by atoms with Gasteiger partial charge in [-0.25, -0.2) is 15.0 Å². The highest BCUT2D eigenvalue weighted by Gasteiger charge is 2.09. The molecular weight excluding hydrogens is 639 g/mol. The maximum Gasteiger partial charge on any atom is 0.213 e. The first-order chi connectivity index (χ1) is 25.8. The number of unbranched alkanes of at least 4 members (excludes halogenated alkanes) is 26. The first-order valence-electron chi connectivity index (χ1n) is 22.0. The van der Waals surface area contributed by atoms with Crippen LogP contribution in [-0.2, 0) is 0 Å². The van der Waals surface area contributed by atoms with Crippen molar-refractivity contribution in [2.75, 3.05) is 13.2 Å². The van der Waals surface area contributed by atoms with Crippen molar-refractivity contribution >= 4 is 0 Å². The lowest BCUT2D eigenvalue weighted by molar-refractivity contribution is 0.293. The Morgan fingerprint density at radius 2 is 0.558 bits per heavy atom. The Kier molecular flexibility index (Phi) is 25.5. The summed E-state index contributed by atoms with van der Waals surface area (Å²) in [7, 11) is 0. The van der Waals surface area contributed by atoms with Gasteiger partial charge in [0.25, 0.3) is 0 Å². The van der Waals surface area contributed by atoms with Crippen LogP contribution in [0, 0.1) is 0 Å². The maximum absolute atomic E-state index is 6.04. The van der Waals surface area contributed by atoms with Crippen molar-refractivity contribution in [3.8, 4) is 34.5 Å². The van der Waals surface area contributed by atoms with E-state index in [0.29, 0.717) is 25.0 Å². The molecule has 0 aliphatic rings. The van der Waals surface area contributed by atoms with E-state index >= 15 is 0 Å². The highest BCUT2D eigenvalue weighted by Crippen LogP contribution is 2.24. The molecule has 5 nitrogen and oxygen atoms in total. The topological polar surface area (TPSA) is 57.1 Å². The van der Waals surface area contributed by atoms with Crippen molar-refractivity contribution in [1.29, 1.82) is 0 Å². The van der Waals surface area contributed by atoms with Crippen molar-refractivity contribution < 1.29 is 9.47 Å². The lowest BCUT2D eigenvalue weighted by Crippen LogP contribution is -2.01. The van der Waals surface area contributed by atoms with Gasteiger partial charge in [-0.2, -0.15) is 0 Å². The Balaban J connectivity index is 1.26. The molecule has 0 saturated carbocycles. The largest absolute Gasteiger partial charge is 0.478 e. The van der Waals surface area contributed by atoms with Crippen molar-refractivity contribution in [2.24, 2.45) is 0 Å². The molecular formula is C47H75N3O2. The average Bonchev–Trinajstić information content (AvgIpc) is 3.18. The molecule has 0 aromatic carbocycles. The number of rotatable bonds is 34. The summed E-state index contributed by atoms with van der Waals surface area (Å²) in [5.41, 5.74) is 3.25. The van der Waals surface area contributed by atoms with Crippen LogP contribution >= 0.6 is 0 Å². The molecule has 0 N–H and O–H groups in total. The van der Waals surface area contributed by atoms with E-state index in [9.17, 15) is 0 Å². The lowest BCUT2D eigenvalue weighted by atomic mass is 10.0.